The molecule has 1 aromatic rings. The van der Waals surface area contributed by atoms with Gasteiger partial charge in [0.15, 0.2) is 4.21 Å². The molecule has 0 bridgehead atoms. The molecule has 1 atom stereocenters. The van der Waals surface area contributed by atoms with Crippen LogP contribution in [0.1, 0.15) is 24.0 Å². The van der Waals surface area contributed by atoms with E-state index in [1.165, 1.54) is 6.20 Å². The molecular formula is C7H11IN2O3S2. The molecule has 1 aromatic heterocycles. The first kappa shape index (κ1) is 13.3. The number of aliphatic hydroxyl groups excluding tert-OH is 1. The predicted molar refractivity (Wildman–Crippen MR) is 66.6 cm³/mol. The van der Waals surface area contributed by atoms with Crippen molar-refractivity contribution in [3.63, 3.8) is 0 Å². The van der Waals surface area contributed by atoms with Crippen molar-refractivity contribution < 1.29 is 13.5 Å². The van der Waals surface area contributed by atoms with Crippen molar-refractivity contribution in [3.8, 4) is 0 Å². The number of primary sulfonamides is 1. The van der Waals surface area contributed by atoms with Crippen LogP contribution in [0, 0.1) is 0 Å². The Hall–Kier alpha value is 0.230. The van der Waals surface area contributed by atoms with Crippen LogP contribution in [-0.4, -0.2) is 22.9 Å². The Morgan fingerprint density at radius 1 is 1.67 bits per heavy atom. The Bertz CT molecular complexity index is 418. The Morgan fingerprint density at radius 2 is 2.33 bits per heavy atom. The molecule has 86 valence electrons. The summed E-state index contributed by atoms with van der Waals surface area (Å²) in [5.41, 5.74) is 0. The minimum atomic E-state index is -3.69. The number of aromatic nitrogens is 1. The zero-order chi connectivity index (χ0) is 11.5. The average Bonchev–Trinajstić information content (AvgIpc) is 2.62. The fraction of sp³-hybridized carbons (Fsp3) is 0.571. The molecule has 0 saturated heterocycles. The van der Waals surface area contributed by atoms with Crippen molar-refractivity contribution in [3.05, 3.63) is 11.2 Å². The highest BCUT2D eigenvalue weighted by molar-refractivity contribution is 14.1. The normalized spacial score (nSPS) is 14.1. The summed E-state index contributed by atoms with van der Waals surface area (Å²) in [5, 5.41) is 15.0. The molecule has 8 heteroatoms. The third-order valence-corrected chi connectivity index (χ3v) is 4.95. The minimum Gasteiger partial charge on any atom is -0.386 e. The quantitative estimate of drug-likeness (QED) is 0.605. The van der Waals surface area contributed by atoms with E-state index in [9.17, 15) is 13.5 Å². The molecule has 0 aromatic carbocycles. The van der Waals surface area contributed by atoms with E-state index in [2.05, 4.69) is 27.6 Å². The summed E-state index contributed by atoms with van der Waals surface area (Å²) >= 11 is 3.14. The standard InChI is InChI=1S/C7H11IN2O3S2/c8-3-1-2-5(11)7-10-4-6(14-7)15(9,12)13/h4-5,11H,1-3H2,(H2,9,12,13). The molecule has 3 N–H and O–H groups in total. The lowest BCUT2D eigenvalue weighted by molar-refractivity contribution is 0.166. The second kappa shape index (κ2) is 5.53. The molecule has 1 heterocycles. The van der Waals surface area contributed by atoms with Crippen LogP contribution in [0.25, 0.3) is 0 Å². The molecule has 1 unspecified atom stereocenters. The summed E-state index contributed by atoms with van der Waals surface area (Å²) in [4.78, 5) is 3.84. The zero-order valence-corrected chi connectivity index (χ0v) is 11.5. The van der Waals surface area contributed by atoms with E-state index in [0.29, 0.717) is 11.4 Å². The van der Waals surface area contributed by atoms with E-state index in [-0.39, 0.29) is 4.21 Å². The van der Waals surface area contributed by atoms with Crippen molar-refractivity contribution in [2.24, 2.45) is 5.14 Å². The third kappa shape index (κ3) is 3.94. The highest BCUT2D eigenvalue weighted by Crippen LogP contribution is 2.25. The molecule has 0 saturated carbocycles. The first-order valence-corrected chi connectivity index (χ1v) is 8.06. The number of halogens is 1. The molecule has 0 aliphatic heterocycles. The molecule has 15 heavy (non-hydrogen) atoms. The second-order valence-corrected chi connectivity index (χ2v) is 6.84. The highest BCUT2D eigenvalue weighted by atomic mass is 127. The van der Waals surface area contributed by atoms with E-state index >= 15 is 0 Å². The van der Waals surface area contributed by atoms with Crippen LogP contribution < -0.4 is 5.14 Å². The number of thiazole rings is 1. The molecule has 5 nitrogen and oxygen atoms in total. The van der Waals surface area contributed by atoms with Crippen LogP contribution in [0.5, 0.6) is 0 Å². The summed E-state index contributed by atoms with van der Waals surface area (Å²) < 4.78 is 22.8. The summed E-state index contributed by atoms with van der Waals surface area (Å²) in [6.07, 6.45) is 1.94. The van der Waals surface area contributed by atoms with Crippen molar-refractivity contribution >= 4 is 44.0 Å². The number of hydrogen-bond acceptors (Lipinski definition) is 5. The summed E-state index contributed by atoms with van der Waals surface area (Å²) in [7, 11) is -3.69. The van der Waals surface area contributed by atoms with Crippen LogP contribution in [0.2, 0.25) is 0 Å². The number of nitrogens with zero attached hydrogens (tertiary/aromatic N) is 1. The molecule has 0 fully saturated rings. The SMILES string of the molecule is NS(=O)(=O)c1cnc(C(O)CCCI)s1. The van der Waals surface area contributed by atoms with Gasteiger partial charge in [-0.15, -0.1) is 11.3 Å². The lowest BCUT2D eigenvalue weighted by Crippen LogP contribution is -2.09. The van der Waals surface area contributed by atoms with E-state index in [4.69, 9.17) is 5.14 Å². The Balaban J connectivity index is 2.76. The smallest absolute Gasteiger partial charge is 0.249 e. The first-order chi connectivity index (χ1) is 6.95. The van der Waals surface area contributed by atoms with E-state index < -0.39 is 16.1 Å². The Labute approximate surface area is 106 Å². The van der Waals surface area contributed by atoms with Gasteiger partial charge < -0.3 is 5.11 Å². The molecule has 1 rings (SSSR count). The van der Waals surface area contributed by atoms with Crippen molar-refractivity contribution in [1.82, 2.24) is 4.98 Å². The second-order valence-electron chi connectivity index (χ2n) is 2.91. The van der Waals surface area contributed by atoms with Gasteiger partial charge in [-0.05, 0) is 17.3 Å². The van der Waals surface area contributed by atoms with Crippen LogP contribution in [0.3, 0.4) is 0 Å². The van der Waals surface area contributed by atoms with Gasteiger partial charge in [-0.1, -0.05) is 22.6 Å². The number of alkyl halides is 1. The number of rotatable bonds is 5. The van der Waals surface area contributed by atoms with Gasteiger partial charge in [-0.2, -0.15) is 0 Å². The Kier molecular flexibility index (Phi) is 4.90. The third-order valence-electron chi connectivity index (χ3n) is 1.68. The maximum atomic E-state index is 10.9. The molecular weight excluding hydrogens is 351 g/mol. The van der Waals surface area contributed by atoms with Gasteiger partial charge >= 0.3 is 0 Å². The van der Waals surface area contributed by atoms with Gasteiger partial charge in [-0.3, -0.25) is 0 Å². The van der Waals surface area contributed by atoms with Gasteiger partial charge in [0.05, 0.1) is 6.20 Å². The average molecular weight is 362 g/mol. The number of sulfonamides is 1. The van der Waals surface area contributed by atoms with Gasteiger partial charge in [0.1, 0.15) is 11.1 Å². The van der Waals surface area contributed by atoms with E-state index in [0.717, 1.165) is 22.2 Å². The van der Waals surface area contributed by atoms with Crippen LogP contribution in [-0.2, 0) is 10.0 Å². The molecule has 0 aliphatic carbocycles. The van der Waals surface area contributed by atoms with Crippen LogP contribution >= 0.6 is 33.9 Å². The number of nitrogens with two attached hydrogens (primary N) is 1. The van der Waals surface area contributed by atoms with Gasteiger partial charge in [-0.25, -0.2) is 18.5 Å². The maximum absolute atomic E-state index is 10.9. The lowest BCUT2D eigenvalue weighted by Gasteiger charge is -2.04. The zero-order valence-electron chi connectivity index (χ0n) is 7.76. The van der Waals surface area contributed by atoms with Gasteiger partial charge in [0, 0.05) is 0 Å². The maximum Gasteiger partial charge on any atom is 0.249 e. The summed E-state index contributed by atoms with van der Waals surface area (Å²) in [6, 6.07) is 0. The molecule has 0 radical (unpaired) electrons. The topological polar surface area (TPSA) is 93.3 Å². The van der Waals surface area contributed by atoms with E-state index in [1.807, 2.05) is 0 Å². The summed E-state index contributed by atoms with van der Waals surface area (Å²) in [5.74, 6) is 0. The molecule has 0 amide bonds. The fourth-order valence-corrected chi connectivity index (χ4v) is 2.98. The van der Waals surface area contributed by atoms with Crippen molar-refractivity contribution in [2.45, 2.75) is 23.2 Å². The minimum absolute atomic E-state index is 0.00831. The monoisotopic (exact) mass is 362 g/mol. The van der Waals surface area contributed by atoms with Gasteiger partial charge in [0.25, 0.3) is 0 Å². The molecule has 0 aliphatic rings. The van der Waals surface area contributed by atoms with E-state index in [1.54, 1.807) is 0 Å². The highest BCUT2D eigenvalue weighted by Gasteiger charge is 2.17. The number of aliphatic hydroxyl groups is 1. The van der Waals surface area contributed by atoms with Gasteiger partial charge in [0.2, 0.25) is 10.0 Å². The first-order valence-electron chi connectivity index (χ1n) is 4.17. The largest absolute Gasteiger partial charge is 0.386 e. The number of hydrogen-bond donors (Lipinski definition) is 2. The van der Waals surface area contributed by atoms with Crippen LogP contribution in [0.4, 0.5) is 0 Å². The van der Waals surface area contributed by atoms with Crippen molar-refractivity contribution in [1.29, 1.82) is 0 Å². The lowest BCUT2D eigenvalue weighted by atomic mass is 10.2. The predicted octanol–water partition coefficient (Wildman–Crippen LogP) is 1.04. The Morgan fingerprint density at radius 3 is 2.80 bits per heavy atom. The fourth-order valence-electron chi connectivity index (χ4n) is 0.952. The van der Waals surface area contributed by atoms with Crippen LogP contribution in [0.15, 0.2) is 10.4 Å². The summed E-state index contributed by atoms with van der Waals surface area (Å²) in [6.45, 7) is 0. The van der Waals surface area contributed by atoms with Crippen molar-refractivity contribution in [2.75, 3.05) is 4.43 Å². The molecule has 0 spiro atoms.